The van der Waals surface area contributed by atoms with Gasteiger partial charge in [-0.2, -0.15) is 0 Å². The SMILES string of the molecule is CCN(Cc1ccccc1C)C(=O)c1cc(Br)c(Br)s1. The molecule has 0 aliphatic heterocycles. The van der Waals surface area contributed by atoms with E-state index >= 15 is 0 Å². The summed E-state index contributed by atoms with van der Waals surface area (Å²) in [5.74, 6) is 0.0761. The Morgan fingerprint density at radius 2 is 2.00 bits per heavy atom. The molecule has 0 unspecified atom stereocenters. The lowest BCUT2D eigenvalue weighted by Gasteiger charge is -2.21. The molecule has 1 aromatic heterocycles. The molecule has 0 atom stereocenters. The van der Waals surface area contributed by atoms with Gasteiger partial charge in [-0.25, -0.2) is 0 Å². The van der Waals surface area contributed by atoms with E-state index in [0.29, 0.717) is 13.1 Å². The summed E-state index contributed by atoms with van der Waals surface area (Å²) in [7, 11) is 0. The van der Waals surface area contributed by atoms with Crippen molar-refractivity contribution in [3.8, 4) is 0 Å². The monoisotopic (exact) mass is 415 g/mol. The number of aryl methyl sites for hydroxylation is 1. The van der Waals surface area contributed by atoms with Gasteiger partial charge in [0.05, 0.1) is 8.66 Å². The number of carbonyl (C=O) groups is 1. The molecule has 1 aromatic carbocycles. The van der Waals surface area contributed by atoms with Crippen LogP contribution in [-0.4, -0.2) is 17.4 Å². The zero-order chi connectivity index (χ0) is 14.7. The van der Waals surface area contributed by atoms with Crippen molar-refractivity contribution < 1.29 is 4.79 Å². The lowest BCUT2D eigenvalue weighted by molar-refractivity contribution is 0.0757. The molecule has 0 saturated heterocycles. The van der Waals surface area contributed by atoms with Gasteiger partial charge in [-0.1, -0.05) is 24.3 Å². The molecule has 0 saturated carbocycles. The third-order valence-electron chi connectivity index (χ3n) is 3.15. The maximum Gasteiger partial charge on any atom is 0.264 e. The van der Waals surface area contributed by atoms with E-state index in [4.69, 9.17) is 0 Å². The van der Waals surface area contributed by atoms with Crippen LogP contribution in [0.1, 0.15) is 27.7 Å². The molecule has 0 bridgehead atoms. The largest absolute Gasteiger partial charge is 0.334 e. The zero-order valence-electron chi connectivity index (χ0n) is 11.3. The minimum atomic E-state index is 0.0761. The summed E-state index contributed by atoms with van der Waals surface area (Å²) >= 11 is 8.32. The maximum absolute atomic E-state index is 12.6. The van der Waals surface area contributed by atoms with Gasteiger partial charge >= 0.3 is 0 Å². The van der Waals surface area contributed by atoms with Crippen LogP contribution in [-0.2, 0) is 6.54 Å². The summed E-state index contributed by atoms with van der Waals surface area (Å²) in [6.07, 6.45) is 0. The standard InChI is InChI=1S/C15H15Br2NOS/c1-3-18(9-11-7-5-4-6-10(11)2)15(19)13-8-12(16)14(17)20-13/h4-8H,3,9H2,1-2H3. The second kappa shape index (κ2) is 6.87. The topological polar surface area (TPSA) is 20.3 Å². The predicted molar refractivity (Wildman–Crippen MR) is 91.3 cm³/mol. The molecule has 2 rings (SSSR count). The lowest BCUT2D eigenvalue weighted by Crippen LogP contribution is -2.29. The van der Waals surface area contributed by atoms with Crippen LogP contribution in [0.25, 0.3) is 0 Å². The Bertz CT molecular complexity index is 605. The molecule has 2 aromatic rings. The van der Waals surface area contributed by atoms with Gasteiger partial charge in [0.25, 0.3) is 5.91 Å². The van der Waals surface area contributed by atoms with Gasteiger partial charge in [0, 0.05) is 17.6 Å². The molecule has 0 aliphatic rings. The molecule has 2 nitrogen and oxygen atoms in total. The van der Waals surface area contributed by atoms with Crippen molar-refractivity contribution in [1.82, 2.24) is 4.90 Å². The average molecular weight is 417 g/mol. The minimum absolute atomic E-state index is 0.0761. The normalized spacial score (nSPS) is 10.6. The van der Waals surface area contributed by atoms with Crippen molar-refractivity contribution in [3.05, 3.63) is 54.6 Å². The number of hydrogen-bond acceptors (Lipinski definition) is 2. The van der Waals surface area contributed by atoms with Gasteiger partial charge < -0.3 is 4.90 Å². The highest BCUT2D eigenvalue weighted by atomic mass is 79.9. The number of halogens is 2. The van der Waals surface area contributed by atoms with Crippen LogP contribution in [0.15, 0.2) is 38.6 Å². The quantitative estimate of drug-likeness (QED) is 0.666. The zero-order valence-corrected chi connectivity index (χ0v) is 15.3. The van der Waals surface area contributed by atoms with E-state index in [2.05, 4.69) is 50.9 Å². The van der Waals surface area contributed by atoms with Crippen molar-refractivity contribution in [3.63, 3.8) is 0 Å². The number of nitrogens with zero attached hydrogens (tertiary/aromatic N) is 1. The van der Waals surface area contributed by atoms with Crippen LogP contribution >= 0.6 is 43.2 Å². The van der Waals surface area contributed by atoms with E-state index in [1.54, 1.807) is 0 Å². The average Bonchev–Trinajstić information content (AvgIpc) is 2.77. The smallest absolute Gasteiger partial charge is 0.264 e. The highest BCUT2D eigenvalue weighted by Crippen LogP contribution is 2.33. The van der Waals surface area contributed by atoms with E-state index in [-0.39, 0.29) is 5.91 Å². The van der Waals surface area contributed by atoms with E-state index in [0.717, 1.165) is 13.1 Å². The molecule has 1 heterocycles. The van der Waals surface area contributed by atoms with Crippen molar-refractivity contribution in [1.29, 1.82) is 0 Å². The molecule has 0 fully saturated rings. The van der Waals surface area contributed by atoms with Crippen LogP contribution in [0.4, 0.5) is 0 Å². The van der Waals surface area contributed by atoms with Gasteiger partial charge in [0.1, 0.15) is 0 Å². The Hall–Kier alpha value is -0.650. The van der Waals surface area contributed by atoms with Crippen LogP contribution < -0.4 is 0 Å². The number of thiophene rings is 1. The molecular weight excluding hydrogens is 402 g/mol. The molecule has 0 aliphatic carbocycles. The summed E-state index contributed by atoms with van der Waals surface area (Å²) < 4.78 is 1.88. The van der Waals surface area contributed by atoms with Crippen LogP contribution in [0, 0.1) is 6.92 Å². The maximum atomic E-state index is 12.6. The second-order valence-corrected chi connectivity index (χ2v) is 7.70. The van der Waals surface area contributed by atoms with Gasteiger partial charge in [0.2, 0.25) is 0 Å². The highest BCUT2D eigenvalue weighted by Gasteiger charge is 2.18. The molecular formula is C15H15Br2NOS. The molecule has 20 heavy (non-hydrogen) atoms. The fraction of sp³-hybridized carbons (Fsp3) is 0.267. The van der Waals surface area contributed by atoms with E-state index in [1.165, 1.54) is 22.5 Å². The van der Waals surface area contributed by atoms with Crippen molar-refractivity contribution >= 4 is 49.1 Å². The molecule has 0 N–H and O–H groups in total. The first-order chi connectivity index (χ1) is 9.52. The Morgan fingerprint density at radius 3 is 2.55 bits per heavy atom. The van der Waals surface area contributed by atoms with E-state index in [1.807, 2.05) is 30.0 Å². The van der Waals surface area contributed by atoms with Gasteiger partial charge in [-0.05, 0) is 62.9 Å². The lowest BCUT2D eigenvalue weighted by atomic mass is 10.1. The fourth-order valence-electron chi connectivity index (χ4n) is 1.93. The van der Waals surface area contributed by atoms with Crippen molar-refractivity contribution in [2.75, 3.05) is 6.54 Å². The first-order valence-corrected chi connectivity index (χ1v) is 8.71. The van der Waals surface area contributed by atoms with Crippen molar-refractivity contribution in [2.24, 2.45) is 0 Å². The highest BCUT2D eigenvalue weighted by molar-refractivity contribution is 9.13. The Kier molecular flexibility index (Phi) is 5.41. The predicted octanol–water partition coefficient (Wildman–Crippen LogP) is 5.24. The number of benzene rings is 1. The summed E-state index contributed by atoms with van der Waals surface area (Å²) in [5.41, 5.74) is 2.41. The molecule has 0 radical (unpaired) electrons. The fourth-order valence-corrected chi connectivity index (χ4v) is 3.93. The molecule has 0 spiro atoms. The first-order valence-electron chi connectivity index (χ1n) is 6.31. The third-order valence-corrected chi connectivity index (χ3v) is 6.39. The number of carbonyl (C=O) groups excluding carboxylic acids is 1. The van der Waals surface area contributed by atoms with Crippen LogP contribution in [0.5, 0.6) is 0 Å². The van der Waals surface area contributed by atoms with Crippen molar-refractivity contribution in [2.45, 2.75) is 20.4 Å². The van der Waals surface area contributed by atoms with Crippen LogP contribution in [0.2, 0.25) is 0 Å². The Balaban J connectivity index is 2.20. The Morgan fingerprint density at radius 1 is 1.30 bits per heavy atom. The Labute approximate surface area is 140 Å². The second-order valence-electron chi connectivity index (χ2n) is 4.48. The summed E-state index contributed by atoms with van der Waals surface area (Å²) in [4.78, 5) is 15.2. The first kappa shape index (κ1) is 15.7. The summed E-state index contributed by atoms with van der Waals surface area (Å²) in [6.45, 7) is 5.43. The van der Waals surface area contributed by atoms with Gasteiger partial charge in [0.15, 0.2) is 0 Å². The molecule has 5 heteroatoms. The third kappa shape index (κ3) is 3.51. The number of amides is 1. The molecule has 106 valence electrons. The number of rotatable bonds is 4. The summed E-state index contributed by atoms with van der Waals surface area (Å²) in [5, 5.41) is 0. The van der Waals surface area contributed by atoms with Gasteiger partial charge in [-0.3, -0.25) is 4.79 Å². The van der Waals surface area contributed by atoms with Crippen LogP contribution in [0.3, 0.4) is 0 Å². The van der Waals surface area contributed by atoms with E-state index in [9.17, 15) is 4.79 Å². The minimum Gasteiger partial charge on any atom is -0.334 e. The van der Waals surface area contributed by atoms with Gasteiger partial charge in [-0.15, -0.1) is 11.3 Å². The number of hydrogen-bond donors (Lipinski definition) is 0. The summed E-state index contributed by atoms with van der Waals surface area (Å²) in [6, 6.07) is 10.1. The van der Waals surface area contributed by atoms with E-state index < -0.39 is 0 Å². The molecule has 1 amide bonds.